The van der Waals surface area contributed by atoms with Crippen molar-refractivity contribution in [3.63, 3.8) is 0 Å². The van der Waals surface area contributed by atoms with Crippen molar-refractivity contribution >= 4 is 11.5 Å². The molecule has 0 amide bonds. The van der Waals surface area contributed by atoms with Crippen LogP contribution in [-0.4, -0.2) is 17.6 Å². The van der Waals surface area contributed by atoms with Gasteiger partial charge in [-0.05, 0) is 41.4 Å². The first-order valence-corrected chi connectivity index (χ1v) is 7.15. The van der Waals surface area contributed by atoms with Gasteiger partial charge in [0.2, 0.25) is 0 Å². The van der Waals surface area contributed by atoms with Crippen LogP contribution in [0.4, 0.5) is 5.69 Å². The summed E-state index contributed by atoms with van der Waals surface area (Å²) in [6, 6.07) is 8.59. The third-order valence-corrected chi connectivity index (χ3v) is 4.06. The smallest absolute Gasteiger partial charge is 0.139 e. The second kappa shape index (κ2) is 5.35. The number of benzene rings is 1. The van der Waals surface area contributed by atoms with Crippen molar-refractivity contribution in [2.24, 2.45) is 16.3 Å². The Morgan fingerprint density at radius 1 is 1.30 bits per heavy atom. The molecular weight excluding hydrogens is 250 g/mol. The zero-order valence-corrected chi connectivity index (χ0v) is 12.6. The number of nitrogens with two attached hydrogens (primary N) is 1. The third kappa shape index (κ3) is 3.65. The first-order valence-electron chi connectivity index (χ1n) is 7.15. The largest absolute Gasteiger partial charge is 0.409 e. The van der Waals surface area contributed by atoms with E-state index in [4.69, 9.17) is 10.9 Å². The van der Waals surface area contributed by atoms with Crippen molar-refractivity contribution in [1.29, 1.82) is 0 Å². The molecular formula is C16H25N3O. The first kappa shape index (κ1) is 14.7. The summed E-state index contributed by atoms with van der Waals surface area (Å²) in [5.41, 5.74) is 8.43. The van der Waals surface area contributed by atoms with Gasteiger partial charge in [0.15, 0.2) is 0 Å². The van der Waals surface area contributed by atoms with Crippen LogP contribution in [0.2, 0.25) is 0 Å². The molecule has 0 radical (unpaired) electrons. The molecule has 0 unspecified atom stereocenters. The molecule has 4 heteroatoms. The minimum Gasteiger partial charge on any atom is -0.409 e. The molecule has 0 aromatic heterocycles. The Morgan fingerprint density at radius 2 is 1.90 bits per heavy atom. The Labute approximate surface area is 121 Å². The van der Waals surface area contributed by atoms with Crippen LogP contribution in [0.25, 0.3) is 0 Å². The number of nitrogens with one attached hydrogen (secondary N) is 1. The zero-order chi connectivity index (χ0) is 14.8. The molecule has 1 aliphatic carbocycles. The summed E-state index contributed by atoms with van der Waals surface area (Å²) in [5, 5.41) is 15.2. The van der Waals surface area contributed by atoms with Crippen molar-refractivity contribution in [3.05, 3.63) is 29.8 Å². The van der Waals surface area contributed by atoms with Crippen LogP contribution in [-0.2, 0) is 5.41 Å². The highest BCUT2D eigenvalue weighted by atomic mass is 16.4. The summed E-state index contributed by atoms with van der Waals surface area (Å²) >= 11 is 0. The van der Waals surface area contributed by atoms with E-state index in [1.54, 1.807) is 0 Å². The predicted molar refractivity (Wildman–Crippen MR) is 83.3 cm³/mol. The number of oxime groups is 1. The van der Waals surface area contributed by atoms with Crippen LogP contribution in [0.3, 0.4) is 0 Å². The topological polar surface area (TPSA) is 70.6 Å². The van der Waals surface area contributed by atoms with Crippen molar-refractivity contribution < 1.29 is 5.21 Å². The maximum atomic E-state index is 8.66. The molecule has 1 fully saturated rings. The minimum atomic E-state index is 0.180. The molecule has 0 atom stereocenters. The molecule has 2 rings (SSSR count). The van der Waals surface area contributed by atoms with Crippen molar-refractivity contribution in [1.82, 2.24) is 0 Å². The minimum absolute atomic E-state index is 0.180. The lowest BCUT2D eigenvalue weighted by Gasteiger charge is -2.20. The summed E-state index contributed by atoms with van der Waals surface area (Å²) in [6.07, 6.45) is 2.93. The van der Waals surface area contributed by atoms with Crippen LogP contribution in [0.1, 0.15) is 45.6 Å². The molecule has 0 bridgehead atoms. The van der Waals surface area contributed by atoms with Crippen LogP contribution < -0.4 is 11.1 Å². The fourth-order valence-corrected chi connectivity index (χ4v) is 2.39. The van der Waals surface area contributed by atoms with Gasteiger partial charge in [-0.25, -0.2) is 0 Å². The lowest BCUT2D eigenvalue weighted by Crippen LogP contribution is -2.23. The van der Waals surface area contributed by atoms with Gasteiger partial charge < -0.3 is 16.3 Å². The van der Waals surface area contributed by atoms with Gasteiger partial charge in [0.25, 0.3) is 0 Å². The summed E-state index contributed by atoms with van der Waals surface area (Å²) < 4.78 is 0. The Morgan fingerprint density at radius 3 is 2.35 bits per heavy atom. The van der Waals surface area contributed by atoms with Gasteiger partial charge in [0.05, 0.1) is 0 Å². The molecule has 0 spiro atoms. The van der Waals surface area contributed by atoms with Crippen molar-refractivity contribution in [2.75, 3.05) is 11.9 Å². The lowest BCUT2D eigenvalue weighted by molar-refractivity contribution is 0.315. The van der Waals surface area contributed by atoms with Gasteiger partial charge in [-0.1, -0.05) is 38.1 Å². The molecule has 0 saturated heterocycles. The Balaban J connectivity index is 1.92. The molecule has 1 saturated carbocycles. The van der Waals surface area contributed by atoms with E-state index in [0.717, 1.165) is 25.1 Å². The van der Waals surface area contributed by atoms with Gasteiger partial charge in [0, 0.05) is 18.7 Å². The maximum absolute atomic E-state index is 8.66. The van der Waals surface area contributed by atoms with Crippen LogP contribution in [0.15, 0.2) is 29.4 Å². The summed E-state index contributed by atoms with van der Waals surface area (Å²) in [7, 11) is 0. The van der Waals surface area contributed by atoms with Crippen molar-refractivity contribution in [3.8, 4) is 0 Å². The highest BCUT2D eigenvalue weighted by molar-refractivity contribution is 5.80. The SMILES string of the molecule is CC(C)(C)c1ccc(NCC2(CC(N)=NO)CC2)cc1. The van der Waals surface area contributed by atoms with Gasteiger partial charge in [-0.3, -0.25) is 0 Å². The fourth-order valence-electron chi connectivity index (χ4n) is 2.39. The Hall–Kier alpha value is -1.71. The molecule has 0 heterocycles. The monoisotopic (exact) mass is 275 g/mol. The number of hydrogen-bond donors (Lipinski definition) is 3. The zero-order valence-electron chi connectivity index (χ0n) is 12.6. The van der Waals surface area contributed by atoms with E-state index < -0.39 is 0 Å². The quantitative estimate of drug-likeness (QED) is 0.334. The Kier molecular flexibility index (Phi) is 3.93. The van der Waals surface area contributed by atoms with E-state index in [9.17, 15) is 0 Å². The number of hydrogen-bond acceptors (Lipinski definition) is 3. The molecule has 1 aromatic carbocycles. The molecule has 1 aromatic rings. The number of rotatable bonds is 5. The van der Waals surface area contributed by atoms with Crippen molar-refractivity contribution in [2.45, 2.75) is 45.4 Å². The van der Waals surface area contributed by atoms with E-state index in [1.165, 1.54) is 5.56 Å². The third-order valence-electron chi connectivity index (χ3n) is 4.06. The highest BCUT2D eigenvalue weighted by Gasteiger charge is 2.43. The fraction of sp³-hybridized carbons (Fsp3) is 0.562. The summed E-state index contributed by atoms with van der Waals surface area (Å²) in [4.78, 5) is 0. The number of anilines is 1. The van der Waals surface area contributed by atoms with E-state index in [0.29, 0.717) is 12.3 Å². The average molecular weight is 275 g/mol. The normalized spacial score (nSPS) is 17.9. The van der Waals surface area contributed by atoms with Crippen LogP contribution in [0, 0.1) is 5.41 Å². The van der Waals surface area contributed by atoms with Crippen LogP contribution >= 0.6 is 0 Å². The second-order valence-electron chi connectivity index (χ2n) is 6.95. The molecule has 4 N–H and O–H groups in total. The predicted octanol–water partition coefficient (Wildman–Crippen LogP) is 3.31. The van der Waals surface area contributed by atoms with E-state index in [1.807, 2.05) is 0 Å². The summed E-state index contributed by atoms with van der Waals surface area (Å²) in [5.74, 6) is 0.326. The standard InChI is InChI=1S/C16H25N3O/c1-15(2,3)12-4-6-13(7-5-12)18-11-16(8-9-16)10-14(17)19-20/h4-7,18,20H,8-11H2,1-3H3,(H2,17,19). The van der Waals surface area contributed by atoms with Crippen LogP contribution in [0.5, 0.6) is 0 Å². The summed E-state index contributed by atoms with van der Waals surface area (Å²) in [6.45, 7) is 7.51. The number of nitrogens with zero attached hydrogens (tertiary/aromatic N) is 1. The van der Waals surface area contributed by atoms with E-state index in [2.05, 4.69) is 55.5 Å². The molecule has 4 nitrogen and oxygen atoms in total. The molecule has 1 aliphatic rings. The number of amidine groups is 1. The molecule has 0 aliphatic heterocycles. The Bertz CT molecular complexity index is 481. The van der Waals surface area contributed by atoms with Gasteiger partial charge in [-0.15, -0.1) is 0 Å². The average Bonchev–Trinajstić information content (AvgIpc) is 3.16. The highest BCUT2D eigenvalue weighted by Crippen LogP contribution is 2.48. The molecule has 20 heavy (non-hydrogen) atoms. The first-order chi connectivity index (χ1) is 9.35. The van der Waals surface area contributed by atoms with Gasteiger partial charge in [0.1, 0.15) is 5.84 Å². The molecule has 110 valence electrons. The van der Waals surface area contributed by atoms with E-state index in [-0.39, 0.29) is 10.8 Å². The maximum Gasteiger partial charge on any atom is 0.139 e. The lowest BCUT2D eigenvalue weighted by atomic mass is 9.87. The van der Waals surface area contributed by atoms with Gasteiger partial charge in [-0.2, -0.15) is 0 Å². The second-order valence-corrected chi connectivity index (χ2v) is 6.95. The van der Waals surface area contributed by atoms with E-state index >= 15 is 0 Å². The van der Waals surface area contributed by atoms with Gasteiger partial charge >= 0.3 is 0 Å².